The first-order valence-electron chi connectivity index (χ1n) is 4.50. The molecule has 1 aliphatic carbocycles. The lowest BCUT2D eigenvalue weighted by atomic mass is 9.79. The monoisotopic (exact) mass is 184 g/mol. The lowest BCUT2D eigenvalue weighted by Gasteiger charge is -2.26. The molecular formula is C9H12O4. The van der Waals surface area contributed by atoms with Crippen LogP contribution in [0, 0.1) is 11.8 Å². The van der Waals surface area contributed by atoms with E-state index in [1.165, 1.54) is 0 Å². The number of rotatable bonds is 1. The van der Waals surface area contributed by atoms with Gasteiger partial charge in [0.05, 0.1) is 17.9 Å². The van der Waals surface area contributed by atoms with E-state index in [-0.39, 0.29) is 29.9 Å². The highest BCUT2D eigenvalue weighted by molar-refractivity contribution is 5.96. The number of methoxy groups -OCH3 is 1. The van der Waals surface area contributed by atoms with Gasteiger partial charge in [0, 0.05) is 7.11 Å². The highest BCUT2D eigenvalue weighted by Crippen LogP contribution is 2.37. The summed E-state index contributed by atoms with van der Waals surface area (Å²) in [6, 6.07) is 0. The van der Waals surface area contributed by atoms with E-state index in [2.05, 4.69) is 4.74 Å². The lowest BCUT2D eigenvalue weighted by molar-refractivity contribution is -0.153. The fourth-order valence-corrected chi connectivity index (χ4v) is 2.14. The maximum absolute atomic E-state index is 11.2. The number of fused-ring (bicyclic) bond motifs is 1. The lowest BCUT2D eigenvalue weighted by Crippen LogP contribution is -2.30. The van der Waals surface area contributed by atoms with E-state index < -0.39 is 0 Å². The molecule has 0 N–H and O–H groups in total. The molecule has 1 heterocycles. The van der Waals surface area contributed by atoms with Gasteiger partial charge in [-0.05, 0) is 19.3 Å². The predicted molar refractivity (Wildman–Crippen MR) is 42.7 cm³/mol. The minimum atomic E-state index is -0.364. The van der Waals surface area contributed by atoms with Crippen LogP contribution in [0.2, 0.25) is 0 Å². The average molecular weight is 184 g/mol. The zero-order chi connectivity index (χ0) is 9.42. The zero-order valence-corrected chi connectivity index (χ0v) is 7.49. The number of carbonyl (C=O) groups excluding carboxylic acids is 2. The summed E-state index contributed by atoms with van der Waals surface area (Å²) in [6.07, 6.45) is 2.30. The van der Waals surface area contributed by atoms with E-state index in [1.807, 2.05) is 0 Å². The molecule has 0 bridgehead atoms. The summed E-state index contributed by atoms with van der Waals surface area (Å²) in [7, 11) is 1.63. The maximum Gasteiger partial charge on any atom is 0.317 e. The Kier molecular flexibility index (Phi) is 2.07. The third-order valence-corrected chi connectivity index (χ3v) is 2.94. The summed E-state index contributed by atoms with van der Waals surface area (Å²) in [5.74, 6) is -1.15. The van der Waals surface area contributed by atoms with Crippen LogP contribution in [0.5, 0.6) is 0 Å². The Morgan fingerprint density at radius 3 is 2.62 bits per heavy atom. The molecule has 2 fully saturated rings. The molecule has 3 atom stereocenters. The molecule has 2 rings (SSSR count). The zero-order valence-electron chi connectivity index (χ0n) is 7.49. The van der Waals surface area contributed by atoms with Crippen molar-refractivity contribution in [2.24, 2.45) is 11.8 Å². The molecule has 0 aromatic carbocycles. The maximum atomic E-state index is 11.2. The van der Waals surface area contributed by atoms with Crippen molar-refractivity contribution in [3.63, 3.8) is 0 Å². The first-order chi connectivity index (χ1) is 6.22. The van der Waals surface area contributed by atoms with E-state index in [9.17, 15) is 9.59 Å². The second kappa shape index (κ2) is 3.10. The van der Waals surface area contributed by atoms with Gasteiger partial charge in [0.1, 0.15) is 0 Å². The van der Waals surface area contributed by atoms with Crippen LogP contribution in [0.1, 0.15) is 19.3 Å². The number of cyclic esters (lactones) is 2. The first kappa shape index (κ1) is 8.69. The van der Waals surface area contributed by atoms with Crippen molar-refractivity contribution in [3.8, 4) is 0 Å². The van der Waals surface area contributed by atoms with Gasteiger partial charge in [0.25, 0.3) is 0 Å². The fourth-order valence-electron chi connectivity index (χ4n) is 2.14. The molecule has 2 aliphatic rings. The topological polar surface area (TPSA) is 52.6 Å². The smallest absolute Gasteiger partial charge is 0.317 e. The molecule has 0 spiro atoms. The van der Waals surface area contributed by atoms with Crippen molar-refractivity contribution in [1.82, 2.24) is 0 Å². The van der Waals surface area contributed by atoms with Crippen molar-refractivity contribution in [2.75, 3.05) is 7.11 Å². The van der Waals surface area contributed by atoms with Crippen LogP contribution < -0.4 is 0 Å². The summed E-state index contributed by atoms with van der Waals surface area (Å²) in [4.78, 5) is 22.3. The van der Waals surface area contributed by atoms with Crippen molar-refractivity contribution in [2.45, 2.75) is 25.4 Å². The second-order valence-corrected chi connectivity index (χ2v) is 3.62. The highest BCUT2D eigenvalue weighted by Gasteiger charge is 2.47. The first-order valence-corrected chi connectivity index (χ1v) is 4.50. The van der Waals surface area contributed by atoms with Gasteiger partial charge in [-0.1, -0.05) is 0 Å². The van der Waals surface area contributed by atoms with E-state index in [0.717, 1.165) is 6.42 Å². The van der Waals surface area contributed by atoms with E-state index in [0.29, 0.717) is 12.8 Å². The summed E-state index contributed by atoms with van der Waals surface area (Å²) in [5, 5.41) is 0. The van der Waals surface area contributed by atoms with Gasteiger partial charge in [-0.15, -0.1) is 0 Å². The van der Waals surface area contributed by atoms with Crippen LogP contribution in [-0.2, 0) is 19.1 Å². The molecule has 1 aliphatic heterocycles. The van der Waals surface area contributed by atoms with E-state index in [1.54, 1.807) is 7.11 Å². The fraction of sp³-hybridized carbons (Fsp3) is 0.778. The van der Waals surface area contributed by atoms with Crippen molar-refractivity contribution in [3.05, 3.63) is 0 Å². The van der Waals surface area contributed by atoms with Gasteiger partial charge in [-0.2, -0.15) is 0 Å². The molecule has 0 aromatic rings. The second-order valence-electron chi connectivity index (χ2n) is 3.62. The molecule has 0 radical (unpaired) electrons. The predicted octanol–water partition coefficient (Wildman–Crippen LogP) is 0.501. The molecule has 13 heavy (non-hydrogen) atoms. The van der Waals surface area contributed by atoms with E-state index >= 15 is 0 Å². The Labute approximate surface area is 76.2 Å². The molecule has 0 amide bonds. The molecule has 1 unspecified atom stereocenters. The number of hydrogen-bond acceptors (Lipinski definition) is 4. The van der Waals surface area contributed by atoms with Gasteiger partial charge in [-0.25, -0.2) is 0 Å². The number of hydrogen-bond donors (Lipinski definition) is 0. The van der Waals surface area contributed by atoms with Gasteiger partial charge >= 0.3 is 11.9 Å². The minimum Gasteiger partial charge on any atom is -0.393 e. The third kappa shape index (κ3) is 1.35. The summed E-state index contributed by atoms with van der Waals surface area (Å²) in [5.41, 5.74) is 0. The van der Waals surface area contributed by atoms with Gasteiger partial charge < -0.3 is 9.47 Å². The molecular weight excluding hydrogens is 172 g/mol. The molecule has 4 nitrogen and oxygen atoms in total. The number of ether oxygens (including phenoxy) is 2. The highest BCUT2D eigenvalue weighted by atomic mass is 16.6. The van der Waals surface area contributed by atoms with E-state index in [4.69, 9.17) is 4.74 Å². The Morgan fingerprint density at radius 1 is 1.23 bits per heavy atom. The minimum absolute atomic E-state index is 0.111. The number of carbonyl (C=O) groups is 2. The Morgan fingerprint density at radius 2 is 1.92 bits per heavy atom. The molecule has 1 saturated heterocycles. The Bertz CT molecular complexity index is 248. The normalized spacial score (nSPS) is 38.7. The van der Waals surface area contributed by atoms with Crippen LogP contribution in [0.4, 0.5) is 0 Å². The Hall–Kier alpha value is -0.900. The molecule has 0 aromatic heterocycles. The van der Waals surface area contributed by atoms with Crippen LogP contribution in [0.15, 0.2) is 0 Å². The molecule has 72 valence electrons. The van der Waals surface area contributed by atoms with Gasteiger partial charge in [0.15, 0.2) is 0 Å². The summed E-state index contributed by atoms with van der Waals surface area (Å²) in [6.45, 7) is 0. The summed E-state index contributed by atoms with van der Waals surface area (Å²) < 4.78 is 9.73. The summed E-state index contributed by atoms with van der Waals surface area (Å²) >= 11 is 0. The third-order valence-electron chi connectivity index (χ3n) is 2.94. The molecule has 4 heteroatoms. The van der Waals surface area contributed by atoms with Gasteiger partial charge in [-0.3, -0.25) is 9.59 Å². The molecule has 1 saturated carbocycles. The quantitative estimate of drug-likeness (QED) is 0.440. The standard InChI is InChI=1S/C9H12O4/c1-12-5-2-3-6-7(4-5)9(11)13-8(6)10/h5-7H,2-4H2,1H3/t5?,6-,7+/m0/s1. The van der Waals surface area contributed by atoms with Crippen molar-refractivity contribution in [1.29, 1.82) is 0 Å². The van der Waals surface area contributed by atoms with Crippen LogP contribution in [0.3, 0.4) is 0 Å². The Balaban J connectivity index is 2.10. The van der Waals surface area contributed by atoms with Crippen LogP contribution in [-0.4, -0.2) is 25.2 Å². The van der Waals surface area contributed by atoms with Crippen LogP contribution in [0.25, 0.3) is 0 Å². The van der Waals surface area contributed by atoms with Gasteiger partial charge in [0.2, 0.25) is 0 Å². The SMILES string of the molecule is COC1CC[C@@H]2C(=O)OC(=O)[C@@H]2C1. The van der Waals surface area contributed by atoms with Crippen LogP contribution >= 0.6 is 0 Å². The number of esters is 2. The average Bonchev–Trinajstić information content (AvgIpc) is 2.42. The van der Waals surface area contributed by atoms with Crippen molar-refractivity contribution >= 4 is 11.9 Å². The largest absolute Gasteiger partial charge is 0.393 e. The van der Waals surface area contributed by atoms with Crippen molar-refractivity contribution < 1.29 is 19.1 Å².